The molecule has 1 aliphatic heterocycles. The van der Waals surface area contributed by atoms with Crippen LogP contribution in [0.1, 0.15) is 36.7 Å². The summed E-state index contributed by atoms with van der Waals surface area (Å²) in [5.41, 5.74) is -0.420. The minimum absolute atomic E-state index is 0.00671. The zero-order valence-corrected chi connectivity index (χ0v) is 15.9. The van der Waals surface area contributed by atoms with Gasteiger partial charge in [0.25, 0.3) is 20.0 Å². The van der Waals surface area contributed by atoms with Crippen molar-refractivity contribution in [3.05, 3.63) is 53.6 Å². The Morgan fingerprint density at radius 2 is 1.42 bits per heavy atom. The normalized spacial score (nSPS) is 17.7. The molecule has 1 aliphatic rings. The molecule has 0 amide bonds. The molecular weight excluding hydrogens is 378 g/mol. The molecule has 2 aromatic carbocycles. The van der Waals surface area contributed by atoms with Gasteiger partial charge in [0.15, 0.2) is 0 Å². The molecule has 0 radical (unpaired) electrons. The van der Waals surface area contributed by atoms with Gasteiger partial charge in [-0.25, -0.2) is 4.79 Å². The number of hydrogen-bond donors (Lipinski definition) is 1. The highest BCUT2D eigenvalue weighted by Gasteiger charge is 2.47. The lowest BCUT2D eigenvalue weighted by Crippen LogP contribution is -2.30. The Kier molecular flexibility index (Phi) is 3.93. The largest absolute Gasteiger partial charge is 0.478 e. The third-order valence-electron chi connectivity index (χ3n) is 4.09. The molecule has 0 saturated heterocycles. The number of rotatable bonds is 2. The highest BCUT2D eigenvalue weighted by Crippen LogP contribution is 2.41. The second-order valence-electron chi connectivity index (χ2n) is 6.94. The van der Waals surface area contributed by atoms with Gasteiger partial charge in [0.2, 0.25) is 0 Å². The maximum atomic E-state index is 12.8. The van der Waals surface area contributed by atoms with E-state index in [1.165, 1.54) is 42.5 Å². The number of carboxylic acids is 1. The van der Waals surface area contributed by atoms with Crippen molar-refractivity contribution in [1.82, 2.24) is 0 Å². The fourth-order valence-electron chi connectivity index (χ4n) is 2.91. The van der Waals surface area contributed by atoms with E-state index < -0.39 is 31.4 Å². The molecule has 2 aromatic rings. The Morgan fingerprint density at radius 3 is 1.85 bits per heavy atom. The quantitative estimate of drug-likeness (QED) is 0.837. The number of sulfonamides is 2. The Morgan fingerprint density at radius 1 is 0.923 bits per heavy atom. The van der Waals surface area contributed by atoms with Crippen LogP contribution in [0.15, 0.2) is 52.3 Å². The fourth-order valence-corrected chi connectivity index (χ4v) is 7.35. The minimum Gasteiger partial charge on any atom is -0.478 e. The van der Waals surface area contributed by atoms with E-state index >= 15 is 0 Å². The molecule has 0 fully saturated rings. The second-order valence-corrected chi connectivity index (χ2v) is 10.7. The van der Waals surface area contributed by atoms with Gasteiger partial charge in [-0.3, -0.25) is 0 Å². The van der Waals surface area contributed by atoms with Crippen LogP contribution in [0.3, 0.4) is 0 Å². The molecule has 1 N–H and O–H groups in total. The number of fused-ring (bicyclic) bond motifs is 1. The first kappa shape index (κ1) is 18.4. The molecule has 138 valence electrons. The molecular formula is C17H17NO6S2. The van der Waals surface area contributed by atoms with Crippen molar-refractivity contribution in [1.29, 1.82) is 0 Å². The molecule has 1 heterocycles. The molecule has 26 heavy (non-hydrogen) atoms. The third-order valence-corrected chi connectivity index (χ3v) is 8.52. The number of carboxylic acid groups (broad SMARTS) is 1. The number of carbonyl (C=O) groups is 1. The molecule has 0 bridgehead atoms. The highest BCUT2D eigenvalue weighted by atomic mass is 32.3. The molecule has 0 unspecified atom stereocenters. The monoisotopic (exact) mass is 395 g/mol. The van der Waals surface area contributed by atoms with Crippen LogP contribution in [0.25, 0.3) is 0 Å². The van der Waals surface area contributed by atoms with Crippen LogP contribution in [0.4, 0.5) is 5.69 Å². The molecule has 9 heteroatoms. The first-order valence-corrected chi connectivity index (χ1v) is 10.5. The predicted molar refractivity (Wildman–Crippen MR) is 95.4 cm³/mol. The molecule has 0 spiro atoms. The van der Waals surface area contributed by atoms with Crippen molar-refractivity contribution in [2.45, 2.75) is 36.0 Å². The number of hydrogen-bond acceptors (Lipinski definition) is 5. The van der Waals surface area contributed by atoms with E-state index in [4.69, 9.17) is 0 Å². The van der Waals surface area contributed by atoms with Gasteiger partial charge in [-0.1, -0.05) is 32.9 Å². The van der Waals surface area contributed by atoms with Crippen LogP contribution in [-0.4, -0.2) is 27.9 Å². The summed E-state index contributed by atoms with van der Waals surface area (Å²) in [6.07, 6.45) is 0. The van der Waals surface area contributed by atoms with Crippen molar-refractivity contribution in [3.8, 4) is 0 Å². The molecule has 0 atom stereocenters. The summed E-state index contributed by atoms with van der Waals surface area (Å²) in [7, 11) is -8.61. The average Bonchev–Trinajstić information content (AvgIpc) is 2.69. The molecule has 3 rings (SSSR count). The fraction of sp³-hybridized carbons (Fsp3) is 0.235. The maximum absolute atomic E-state index is 12.8. The van der Waals surface area contributed by atoms with Crippen LogP contribution < -0.4 is 3.71 Å². The highest BCUT2D eigenvalue weighted by molar-refractivity contribution is 8.12. The molecule has 0 aromatic heterocycles. The summed E-state index contributed by atoms with van der Waals surface area (Å²) >= 11 is 0. The molecule has 0 aliphatic carbocycles. The van der Waals surface area contributed by atoms with E-state index in [0.717, 1.165) is 0 Å². The number of nitrogens with zero attached hydrogens (tertiary/aromatic N) is 1. The lowest BCUT2D eigenvalue weighted by molar-refractivity contribution is 0.0694. The number of benzene rings is 2. The van der Waals surface area contributed by atoms with Gasteiger partial charge in [-0.05, 0) is 41.3 Å². The van der Waals surface area contributed by atoms with E-state index in [-0.39, 0.29) is 21.0 Å². The Balaban J connectivity index is 2.31. The maximum Gasteiger partial charge on any atom is 0.335 e. The van der Waals surface area contributed by atoms with E-state index in [9.17, 15) is 26.7 Å². The van der Waals surface area contributed by atoms with E-state index in [2.05, 4.69) is 0 Å². The zero-order chi connectivity index (χ0) is 19.5. The van der Waals surface area contributed by atoms with Gasteiger partial charge >= 0.3 is 5.97 Å². The summed E-state index contributed by atoms with van der Waals surface area (Å²) in [5, 5.41) is 9.38. The van der Waals surface area contributed by atoms with Crippen molar-refractivity contribution < 1.29 is 26.7 Å². The lowest BCUT2D eigenvalue weighted by Gasteiger charge is -2.24. The van der Waals surface area contributed by atoms with Crippen LogP contribution in [0.2, 0.25) is 0 Å². The summed E-state index contributed by atoms with van der Waals surface area (Å²) in [6.45, 7) is 5.29. The Labute approximate surface area is 152 Å². The third kappa shape index (κ3) is 2.58. The van der Waals surface area contributed by atoms with Crippen LogP contribution in [0.5, 0.6) is 0 Å². The van der Waals surface area contributed by atoms with Crippen LogP contribution in [-0.2, 0) is 25.5 Å². The predicted octanol–water partition coefficient (Wildman–Crippen LogP) is 2.58. The number of anilines is 1. The van der Waals surface area contributed by atoms with Crippen molar-refractivity contribution in [2.24, 2.45) is 0 Å². The van der Waals surface area contributed by atoms with Crippen molar-refractivity contribution in [3.63, 3.8) is 0 Å². The summed E-state index contributed by atoms with van der Waals surface area (Å²) in [6, 6.07) is 9.10. The topological polar surface area (TPSA) is 109 Å². The Bertz CT molecular complexity index is 1080. The van der Waals surface area contributed by atoms with E-state index in [0.29, 0.717) is 9.27 Å². The Hall–Kier alpha value is -2.39. The van der Waals surface area contributed by atoms with Gasteiger partial charge in [0.1, 0.15) is 9.79 Å². The molecule has 0 saturated carbocycles. The van der Waals surface area contributed by atoms with Crippen molar-refractivity contribution >= 4 is 31.7 Å². The first-order chi connectivity index (χ1) is 11.9. The second kappa shape index (κ2) is 5.55. The first-order valence-electron chi connectivity index (χ1n) is 7.66. The van der Waals surface area contributed by atoms with Crippen LogP contribution >= 0.6 is 0 Å². The molecule has 7 nitrogen and oxygen atoms in total. The van der Waals surface area contributed by atoms with Gasteiger partial charge in [0, 0.05) is 0 Å². The summed E-state index contributed by atoms with van der Waals surface area (Å²) in [5.74, 6) is -1.17. The van der Waals surface area contributed by atoms with E-state index in [1.54, 1.807) is 20.8 Å². The summed E-state index contributed by atoms with van der Waals surface area (Å²) < 4.78 is 51.6. The van der Waals surface area contributed by atoms with Gasteiger partial charge < -0.3 is 5.11 Å². The van der Waals surface area contributed by atoms with Gasteiger partial charge in [0.05, 0.1) is 11.3 Å². The zero-order valence-electron chi connectivity index (χ0n) is 14.3. The SMILES string of the molecule is CC(C)(C)c1cc(N2S(=O)(=O)c3ccccc3S2(=O)=O)ccc1C(=O)O. The van der Waals surface area contributed by atoms with Gasteiger partial charge in [-0.15, -0.1) is 0 Å². The smallest absolute Gasteiger partial charge is 0.335 e. The standard InChI is InChI=1S/C17H17NO6S2/c1-17(2,3)13-10-11(8-9-12(13)16(19)20)18-25(21,22)14-6-4-5-7-15(14)26(18,23)24/h4-10H,1-3H3,(H,19,20). The van der Waals surface area contributed by atoms with Crippen LogP contribution in [0, 0.1) is 0 Å². The lowest BCUT2D eigenvalue weighted by atomic mass is 9.83. The average molecular weight is 395 g/mol. The van der Waals surface area contributed by atoms with Crippen molar-refractivity contribution in [2.75, 3.05) is 3.71 Å². The minimum atomic E-state index is -4.30. The summed E-state index contributed by atoms with van der Waals surface area (Å²) in [4.78, 5) is 10.9. The van der Waals surface area contributed by atoms with E-state index in [1.807, 2.05) is 0 Å². The van der Waals surface area contributed by atoms with Gasteiger partial charge in [-0.2, -0.15) is 20.5 Å². The number of aromatic carboxylic acids is 1.